The summed E-state index contributed by atoms with van der Waals surface area (Å²) in [6.07, 6.45) is 2.49. The van der Waals surface area contributed by atoms with Gasteiger partial charge in [-0.25, -0.2) is 0 Å². The largest absolute Gasteiger partial charge is 0.385 e. The summed E-state index contributed by atoms with van der Waals surface area (Å²) in [5.41, 5.74) is 2.56. The molecule has 1 aromatic carbocycles. The number of halogens is 1. The Morgan fingerprint density at radius 3 is 2.53 bits per heavy atom. The molecule has 0 aliphatic carbocycles. The fraction of sp³-hybridized carbons (Fsp3) is 0.538. The second-order valence-electron chi connectivity index (χ2n) is 4.02. The summed E-state index contributed by atoms with van der Waals surface area (Å²) in [5, 5.41) is 3.53. The van der Waals surface area contributed by atoms with E-state index in [2.05, 4.69) is 60.2 Å². The predicted octanol–water partition coefficient (Wildman–Crippen LogP) is 4.61. The Morgan fingerprint density at radius 1 is 1.27 bits per heavy atom. The Bertz CT molecular complexity index is 305. The maximum Gasteiger partial charge on any atom is 0.0381 e. The molecule has 0 heterocycles. The molecule has 0 aromatic heterocycles. The van der Waals surface area contributed by atoms with Gasteiger partial charge < -0.3 is 5.32 Å². The summed E-state index contributed by atoms with van der Waals surface area (Å²) in [6.45, 7) is 7.72. The molecule has 0 atom stereocenters. The molecule has 0 bridgehead atoms. The van der Waals surface area contributed by atoms with Gasteiger partial charge in [0.15, 0.2) is 0 Å². The molecule has 0 unspecified atom stereocenters. The molecule has 0 radical (unpaired) electrons. The van der Waals surface area contributed by atoms with Crippen LogP contribution in [0, 0.1) is 12.8 Å². The number of benzene rings is 1. The maximum absolute atomic E-state index is 3.53. The molecule has 1 nitrogen and oxygen atoms in total. The smallest absolute Gasteiger partial charge is 0.0381 e. The van der Waals surface area contributed by atoms with Crippen molar-refractivity contribution in [1.82, 2.24) is 0 Å². The summed E-state index contributed by atoms with van der Waals surface area (Å²) >= 11 is 3.50. The van der Waals surface area contributed by atoms with E-state index in [-0.39, 0.29) is 0 Å². The minimum Gasteiger partial charge on any atom is -0.385 e. The summed E-state index contributed by atoms with van der Waals surface area (Å²) in [4.78, 5) is 0. The highest BCUT2D eigenvalue weighted by atomic mass is 79.9. The van der Waals surface area contributed by atoms with Crippen LogP contribution in [-0.4, -0.2) is 6.54 Å². The quantitative estimate of drug-likeness (QED) is 0.824. The third-order valence-corrected chi connectivity index (χ3v) is 3.43. The van der Waals surface area contributed by atoms with Crippen LogP contribution in [0.15, 0.2) is 22.7 Å². The Morgan fingerprint density at radius 2 is 1.93 bits per heavy atom. The van der Waals surface area contributed by atoms with E-state index in [0.717, 1.165) is 16.9 Å². The van der Waals surface area contributed by atoms with Crippen LogP contribution in [0.4, 0.5) is 5.69 Å². The van der Waals surface area contributed by atoms with E-state index in [0.29, 0.717) is 0 Å². The van der Waals surface area contributed by atoms with Gasteiger partial charge in [-0.2, -0.15) is 0 Å². The molecule has 0 saturated carbocycles. The lowest BCUT2D eigenvalue weighted by Gasteiger charge is -2.16. The van der Waals surface area contributed by atoms with Crippen molar-refractivity contribution in [3.05, 3.63) is 28.2 Å². The van der Waals surface area contributed by atoms with Crippen LogP contribution < -0.4 is 5.32 Å². The Labute approximate surface area is 101 Å². The monoisotopic (exact) mass is 269 g/mol. The number of rotatable bonds is 5. The molecule has 84 valence electrons. The van der Waals surface area contributed by atoms with Gasteiger partial charge in [0.1, 0.15) is 0 Å². The topological polar surface area (TPSA) is 12.0 Å². The van der Waals surface area contributed by atoms with Crippen molar-refractivity contribution in [3.63, 3.8) is 0 Å². The average Bonchev–Trinajstić information content (AvgIpc) is 2.24. The van der Waals surface area contributed by atoms with Gasteiger partial charge in [-0.3, -0.25) is 0 Å². The van der Waals surface area contributed by atoms with E-state index in [9.17, 15) is 0 Å². The highest BCUT2D eigenvalue weighted by Crippen LogP contribution is 2.21. The van der Waals surface area contributed by atoms with Crippen LogP contribution in [0.1, 0.15) is 32.3 Å². The van der Waals surface area contributed by atoms with Gasteiger partial charge in [0.25, 0.3) is 0 Å². The molecule has 0 fully saturated rings. The van der Waals surface area contributed by atoms with Gasteiger partial charge in [-0.1, -0.05) is 48.7 Å². The summed E-state index contributed by atoms with van der Waals surface area (Å²) in [7, 11) is 0. The van der Waals surface area contributed by atoms with Crippen molar-refractivity contribution in [1.29, 1.82) is 0 Å². The minimum absolute atomic E-state index is 0.781. The maximum atomic E-state index is 3.53. The zero-order chi connectivity index (χ0) is 11.3. The number of aryl methyl sites for hydroxylation is 1. The molecular weight excluding hydrogens is 250 g/mol. The van der Waals surface area contributed by atoms with Crippen LogP contribution in [0.25, 0.3) is 0 Å². The number of anilines is 1. The predicted molar refractivity (Wildman–Crippen MR) is 71.4 cm³/mol. The van der Waals surface area contributed by atoms with E-state index in [1.165, 1.54) is 24.1 Å². The minimum atomic E-state index is 0.781. The molecular formula is C13H20BrN. The highest BCUT2D eigenvalue weighted by molar-refractivity contribution is 9.10. The van der Waals surface area contributed by atoms with Crippen molar-refractivity contribution in [3.8, 4) is 0 Å². The zero-order valence-corrected chi connectivity index (χ0v) is 11.4. The fourth-order valence-corrected chi connectivity index (χ4v) is 1.98. The summed E-state index contributed by atoms with van der Waals surface area (Å²) in [6, 6.07) is 6.37. The SMILES string of the molecule is CCC(CC)CNc1cc(Br)ccc1C. The number of nitrogens with one attached hydrogen (secondary N) is 1. The van der Waals surface area contributed by atoms with Gasteiger partial charge >= 0.3 is 0 Å². The summed E-state index contributed by atoms with van der Waals surface area (Å²) < 4.78 is 1.14. The lowest BCUT2D eigenvalue weighted by molar-refractivity contribution is 0.519. The first kappa shape index (κ1) is 12.6. The Kier molecular flexibility index (Phi) is 5.16. The van der Waals surface area contributed by atoms with Crippen molar-refractivity contribution >= 4 is 21.6 Å². The van der Waals surface area contributed by atoms with Gasteiger partial charge in [-0.05, 0) is 30.5 Å². The van der Waals surface area contributed by atoms with Crippen LogP contribution in [-0.2, 0) is 0 Å². The van der Waals surface area contributed by atoms with Crippen molar-refractivity contribution in [2.75, 3.05) is 11.9 Å². The Balaban J connectivity index is 2.60. The molecule has 1 aromatic rings. The third kappa shape index (κ3) is 3.86. The van der Waals surface area contributed by atoms with E-state index in [1.54, 1.807) is 0 Å². The second kappa shape index (κ2) is 6.16. The molecule has 0 saturated heterocycles. The molecule has 1 N–H and O–H groups in total. The van der Waals surface area contributed by atoms with Crippen LogP contribution in [0.3, 0.4) is 0 Å². The molecule has 2 heteroatoms. The molecule has 1 rings (SSSR count). The van der Waals surface area contributed by atoms with Crippen molar-refractivity contribution in [2.24, 2.45) is 5.92 Å². The van der Waals surface area contributed by atoms with Crippen molar-refractivity contribution < 1.29 is 0 Å². The molecule has 0 amide bonds. The number of hydrogen-bond donors (Lipinski definition) is 1. The van der Waals surface area contributed by atoms with Gasteiger partial charge in [-0.15, -0.1) is 0 Å². The van der Waals surface area contributed by atoms with E-state index in [1.807, 2.05) is 0 Å². The highest BCUT2D eigenvalue weighted by Gasteiger charge is 2.04. The number of hydrogen-bond acceptors (Lipinski definition) is 1. The van der Waals surface area contributed by atoms with E-state index in [4.69, 9.17) is 0 Å². The molecule has 0 spiro atoms. The van der Waals surface area contributed by atoms with E-state index < -0.39 is 0 Å². The van der Waals surface area contributed by atoms with Gasteiger partial charge in [0.2, 0.25) is 0 Å². The lowest BCUT2D eigenvalue weighted by atomic mass is 10.0. The van der Waals surface area contributed by atoms with Crippen LogP contribution >= 0.6 is 15.9 Å². The first-order chi connectivity index (χ1) is 7.17. The fourth-order valence-electron chi connectivity index (χ4n) is 1.62. The molecule has 15 heavy (non-hydrogen) atoms. The first-order valence-corrected chi connectivity index (χ1v) is 6.46. The average molecular weight is 270 g/mol. The standard InChI is InChI=1S/C13H20BrN/c1-4-11(5-2)9-15-13-8-12(14)7-6-10(13)3/h6-8,11,15H,4-5,9H2,1-3H3. The molecule has 0 aliphatic heterocycles. The Hall–Kier alpha value is -0.500. The third-order valence-electron chi connectivity index (χ3n) is 2.94. The molecule has 0 aliphatic rings. The van der Waals surface area contributed by atoms with Gasteiger partial charge in [0, 0.05) is 16.7 Å². The van der Waals surface area contributed by atoms with Crippen LogP contribution in [0.2, 0.25) is 0 Å². The van der Waals surface area contributed by atoms with Crippen molar-refractivity contribution in [2.45, 2.75) is 33.6 Å². The zero-order valence-electron chi connectivity index (χ0n) is 9.81. The second-order valence-corrected chi connectivity index (χ2v) is 4.94. The van der Waals surface area contributed by atoms with E-state index >= 15 is 0 Å². The van der Waals surface area contributed by atoms with Crippen LogP contribution in [0.5, 0.6) is 0 Å². The first-order valence-electron chi connectivity index (χ1n) is 5.67. The normalized spacial score (nSPS) is 10.7. The van der Waals surface area contributed by atoms with Gasteiger partial charge in [0.05, 0.1) is 0 Å². The lowest BCUT2D eigenvalue weighted by Crippen LogP contribution is -2.13. The summed E-state index contributed by atoms with van der Waals surface area (Å²) in [5.74, 6) is 0.781.